The van der Waals surface area contributed by atoms with Crippen molar-refractivity contribution in [2.24, 2.45) is 0 Å². The summed E-state index contributed by atoms with van der Waals surface area (Å²) < 4.78 is 40.8. The molecule has 0 radical (unpaired) electrons. The number of hydrogen-bond donors (Lipinski definition) is 1. The molecule has 3 rings (SSSR count). The van der Waals surface area contributed by atoms with Gasteiger partial charge in [-0.2, -0.15) is 17.4 Å². The van der Waals surface area contributed by atoms with Gasteiger partial charge in [-0.15, -0.1) is 0 Å². The summed E-state index contributed by atoms with van der Waals surface area (Å²) in [7, 11) is -0.653. The van der Waals surface area contributed by atoms with E-state index in [0.29, 0.717) is 25.1 Å². The Hall–Kier alpha value is -2.69. The summed E-state index contributed by atoms with van der Waals surface area (Å²) in [4.78, 5) is 31.0. The summed E-state index contributed by atoms with van der Waals surface area (Å²) >= 11 is 0. The number of carbonyl (C=O) groups is 2. The molecule has 0 saturated heterocycles. The topological polar surface area (TPSA) is 99.7 Å². The molecule has 0 unspecified atom stereocenters. The number of hydrogen-bond acceptors (Lipinski definition) is 5. The van der Waals surface area contributed by atoms with Crippen molar-refractivity contribution in [3.8, 4) is 0 Å². The van der Waals surface area contributed by atoms with Gasteiger partial charge >= 0.3 is 0 Å². The van der Waals surface area contributed by atoms with E-state index in [2.05, 4.69) is 9.71 Å². The van der Waals surface area contributed by atoms with Gasteiger partial charge in [-0.25, -0.2) is 4.39 Å². The summed E-state index contributed by atoms with van der Waals surface area (Å²) in [5, 5.41) is 0. The van der Waals surface area contributed by atoms with Crippen LogP contribution in [-0.4, -0.2) is 54.9 Å². The highest BCUT2D eigenvalue weighted by Crippen LogP contribution is 2.25. The number of aryl methyl sites for hydroxylation is 1. The van der Waals surface area contributed by atoms with Crippen molar-refractivity contribution in [2.75, 3.05) is 20.6 Å². The molecular formula is C22H27FN4O4S. The molecule has 172 valence electrons. The minimum Gasteiger partial charge on any atom is -0.338 e. The van der Waals surface area contributed by atoms with Crippen molar-refractivity contribution < 1.29 is 22.4 Å². The van der Waals surface area contributed by atoms with Crippen LogP contribution in [0.15, 0.2) is 30.5 Å². The minimum atomic E-state index is -3.57. The Bertz CT molecular complexity index is 1120. The molecule has 0 fully saturated rings. The smallest absolute Gasteiger partial charge is 0.279 e. The number of carbonyl (C=O) groups excluding carboxylic acids is 2. The molecule has 0 atom stereocenters. The van der Waals surface area contributed by atoms with Gasteiger partial charge in [0.1, 0.15) is 5.82 Å². The molecule has 1 N–H and O–H groups in total. The number of halogens is 1. The number of nitrogens with zero attached hydrogens (tertiary/aromatic N) is 3. The van der Waals surface area contributed by atoms with E-state index in [4.69, 9.17) is 0 Å². The first-order chi connectivity index (χ1) is 15.1. The molecule has 10 heteroatoms. The lowest BCUT2D eigenvalue weighted by Gasteiger charge is -2.30. The number of nitrogens with one attached hydrogen (secondary N) is 1. The minimum absolute atomic E-state index is 0.0531. The fourth-order valence-corrected chi connectivity index (χ4v) is 4.21. The van der Waals surface area contributed by atoms with E-state index in [1.54, 1.807) is 11.1 Å². The molecule has 32 heavy (non-hydrogen) atoms. The van der Waals surface area contributed by atoms with E-state index < -0.39 is 16.0 Å². The fourth-order valence-electron chi connectivity index (χ4n) is 3.62. The molecule has 1 aromatic carbocycles. The van der Waals surface area contributed by atoms with Gasteiger partial charge in [-0.1, -0.05) is 0 Å². The van der Waals surface area contributed by atoms with Crippen LogP contribution in [0.1, 0.15) is 45.6 Å². The second-order valence-electron chi connectivity index (χ2n) is 7.93. The van der Waals surface area contributed by atoms with Gasteiger partial charge in [0.25, 0.3) is 10.2 Å². The van der Waals surface area contributed by atoms with Crippen molar-refractivity contribution in [1.29, 1.82) is 0 Å². The highest BCUT2D eigenvalue weighted by Gasteiger charge is 2.25. The van der Waals surface area contributed by atoms with Gasteiger partial charge in [0.15, 0.2) is 5.78 Å². The number of Topliss-reactive ketones (excluding diaryl/α,β-unsaturated/α-hetero) is 1. The third-order valence-corrected chi connectivity index (χ3v) is 7.06. The predicted molar refractivity (Wildman–Crippen MR) is 118 cm³/mol. The van der Waals surface area contributed by atoms with Crippen molar-refractivity contribution in [3.05, 3.63) is 64.2 Å². The maximum Gasteiger partial charge on any atom is 0.279 e. The summed E-state index contributed by atoms with van der Waals surface area (Å²) in [5.41, 5.74) is 3.83. The van der Waals surface area contributed by atoms with Gasteiger partial charge in [-0.3, -0.25) is 14.6 Å². The molecule has 2 aromatic rings. The van der Waals surface area contributed by atoms with E-state index in [1.165, 1.54) is 38.4 Å². The fraction of sp³-hybridized carbons (Fsp3) is 0.409. The van der Waals surface area contributed by atoms with Gasteiger partial charge in [0, 0.05) is 64.0 Å². The third kappa shape index (κ3) is 5.56. The highest BCUT2D eigenvalue weighted by molar-refractivity contribution is 7.87. The van der Waals surface area contributed by atoms with Crippen molar-refractivity contribution in [2.45, 2.75) is 39.3 Å². The Kier molecular flexibility index (Phi) is 7.37. The molecule has 1 aliphatic heterocycles. The molecule has 1 aliphatic rings. The molecule has 2 heterocycles. The van der Waals surface area contributed by atoms with E-state index in [1.807, 2.05) is 6.92 Å². The van der Waals surface area contributed by atoms with E-state index in [-0.39, 0.29) is 31.1 Å². The van der Waals surface area contributed by atoms with E-state index in [0.717, 1.165) is 26.7 Å². The zero-order valence-corrected chi connectivity index (χ0v) is 19.2. The average Bonchev–Trinajstić information content (AvgIpc) is 2.76. The number of amides is 1. The van der Waals surface area contributed by atoms with Crippen LogP contribution in [0.4, 0.5) is 4.39 Å². The Labute approximate surface area is 187 Å². The lowest BCUT2D eigenvalue weighted by atomic mass is 9.94. The quantitative estimate of drug-likeness (QED) is 0.605. The normalized spacial score (nSPS) is 13.8. The van der Waals surface area contributed by atoms with Crippen molar-refractivity contribution in [3.63, 3.8) is 0 Å². The Morgan fingerprint density at radius 2 is 1.88 bits per heavy atom. The zero-order chi connectivity index (χ0) is 23.5. The van der Waals surface area contributed by atoms with Crippen LogP contribution < -0.4 is 4.72 Å². The van der Waals surface area contributed by atoms with Crippen LogP contribution in [-0.2, 0) is 34.5 Å². The van der Waals surface area contributed by atoms with Crippen LogP contribution >= 0.6 is 0 Å². The largest absolute Gasteiger partial charge is 0.338 e. The van der Waals surface area contributed by atoms with E-state index in [9.17, 15) is 22.4 Å². The predicted octanol–water partition coefficient (Wildman–Crippen LogP) is 1.97. The number of aromatic nitrogens is 1. The van der Waals surface area contributed by atoms with Crippen molar-refractivity contribution >= 4 is 21.9 Å². The molecule has 1 amide bonds. The van der Waals surface area contributed by atoms with Gasteiger partial charge < -0.3 is 4.90 Å². The summed E-state index contributed by atoms with van der Waals surface area (Å²) in [5.74, 6) is -0.757. The standard InChI is InChI=1S/C22H27FN4O4S/c1-15-20(13-25-32(30,31)26(2)3)19-10-11-27(14-17(19)12-24-15)22(29)9-8-21(28)16-4-6-18(23)7-5-16/h4-7,12,25H,8-11,13-14H2,1-3H3. The maximum atomic E-state index is 13.0. The SMILES string of the molecule is Cc1ncc2c(c1CNS(=O)(=O)N(C)C)CCN(C(=O)CCC(=O)c1ccc(F)cc1)C2. The Balaban J connectivity index is 1.64. The monoisotopic (exact) mass is 462 g/mol. The van der Waals surface area contributed by atoms with Crippen molar-refractivity contribution in [1.82, 2.24) is 18.9 Å². The Morgan fingerprint density at radius 1 is 1.19 bits per heavy atom. The summed E-state index contributed by atoms with van der Waals surface area (Å²) in [6.45, 7) is 2.80. The third-order valence-electron chi connectivity index (χ3n) is 5.59. The molecule has 1 aromatic heterocycles. The number of ketones is 1. The van der Waals surface area contributed by atoms with Crippen LogP contribution in [0, 0.1) is 12.7 Å². The van der Waals surface area contributed by atoms with Gasteiger partial charge in [0.05, 0.1) is 0 Å². The number of fused-ring (bicyclic) bond motifs is 1. The second-order valence-corrected chi connectivity index (χ2v) is 9.90. The van der Waals surface area contributed by atoms with Crippen LogP contribution in [0.5, 0.6) is 0 Å². The molecule has 0 spiro atoms. The molecule has 0 saturated carbocycles. The lowest BCUT2D eigenvalue weighted by Crippen LogP contribution is -2.38. The van der Waals surface area contributed by atoms with Crippen LogP contribution in [0.25, 0.3) is 0 Å². The average molecular weight is 463 g/mol. The first-order valence-electron chi connectivity index (χ1n) is 10.3. The molecule has 0 aliphatic carbocycles. The van der Waals surface area contributed by atoms with Crippen LogP contribution in [0.3, 0.4) is 0 Å². The first-order valence-corrected chi connectivity index (χ1v) is 11.7. The number of pyridine rings is 1. The molecule has 0 bridgehead atoms. The zero-order valence-electron chi connectivity index (χ0n) is 18.4. The Morgan fingerprint density at radius 3 is 2.53 bits per heavy atom. The summed E-state index contributed by atoms with van der Waals surface area (Å²) in [6.07, 6.45) is 2.42. The second kappa shape index (κ2) is 9.85. The van der Waals surface area contributed by atoms with Gasteiger partial charge in [0.2, 0.25) is 5.91 Å². The maximum absolute atomic E-state index is 13.0. The number of benzene rings is 1. The first kappa shape index (κ1) is 24.0. The molecule has 8 nitrogen and oxygen atoms in total. The highest BCUT2D eigenvalue weighted by atomic mass is 32.2. The molecular weight excluding hydrogens is 435 g/mol. The van der Waals surface area contributed by atoms with Gasteiger partial charge in [-0.05, 0) is 54.3 Å². The van der Waals surface area contributed by atoms with E-state index >= 15 is 0 Å². The summed E-state index contributed by atoms with van der Waals surface area (Å²) in [6, 6.07) is 5.28. The number of rotatable bonds is 8. The van der Waals surface area contributed by atoms with Crippen LogP contribution in [0.2, 0.25) is 0 Å². The lowest BCUT2D eigenvalue weighted by molar-refractivity contribution is -0.132.